The van der Waals surface area contributed by atoms with Crippen LogP contribution in [0.15, 0.2) is 53.7 Å². The molecule has 9 heteroatoms. The average Bonchev–Trinajstić information content (AvgIpc) is 2.86. The summed E-state index contributed by atoms with van der Waals surface area (Å²) in [5.74, 6) is 0.329. The number of aromatic nitrogens is 1. The predicted octanol–water partition coefficient (Wildman–Crippen LogP) is 2.81. The molecule has 35 heavy (non-hydrogen) atoms. The van der Waals surface area contributed by atoms with Crippen molar-refractivity contribution < 1.29 is 18.7 Å². The van der Waals surface area contributed by atoms with E-state index in [1.807, 2.05) is 19.9 Å². The second-order valence-corrected chi connectivity index (χ2v) is 9.26. The van der Waals surface area contributed by atoms with E-state index in [1.165, 1.54) is 13.8 Å². The van der Waals surface area contributed by atoms with Crippen LogP contribution >= 0.6 is 0 Å². The molecule has 8 nitrogen and oxygen atoms in total. The number of anilines is 1. The normalized spacial score (nSPS) is 20.5. The summed E-state index contributed by atoms with van der Waals surface area (Å²) in [4.78, 5) is 19.8. The van der Waals surface area contributed by atoms with Crippen LogP contribution in [-0.4, -0.2) is 62.1 Å². The molecule has 0 bridgehead atoms. The van der Waals surface area contributed by atoms with E-state index in [0.29, 0.717) is 37.8 Å². The number of amides is 1. The van der Waals surface area contributed by atoms with Gasteiger partial charge in [-0.3, -0.25) is 4.79 Å². The topological polar surface area (TPSA) is 87.8 Å². The van der Waals surface area contributed by atoms with E-state index in [9.17, 15) is 9.18 Å². The van der Waals surface area contributed by atoms with Crippen molar-refractivity contribution >= 4 is 17.2 Å². The molecule has 3 N–H and O–H groups in total. The molecule has 1 fully saturated rings. The van der Waals surface area contributed by atoms with Gasteiger partial charge in [-0.1, -0.05) is 0 Å². The van der Waals surface area contributed by atoms with Gasteiger partial charge in [0.15, 0.2) is 0 Å². The van der Waals surface area contributed by atoms with Crippen LogP contribution in [0.5, 0.6) is 5.88 Å². The van der Waals surface area contributed by atoms with E-state index < -0.39 is 11.7 Å². The summed E-state index contributed by atoms with van der Waals surface area (Å²) in [6.45, 7) is 10.8. The molecule has 1 amide bonds. The Hall–Kier alpha value is -3.33. The Balaban J connectivity index is 1.57. The lowest BCUT2D eigenvalue weighted by molar-refractivity contribution is -0.116. The number of ether oxygens (including phenoxy) is 2. The van der Waals surface area contributed by atoms with Crippen LogP contribution in [0.2, 0.25) is 0 Å². The molecule has 0 radical (unpaired) electrons. The number of carbonyl (C=O) groups is 1. The highest BCUT2D eigenvalue weighted by molar-refractivity contribution is 5.98. The minimum atomic E-state index is -1.49. The maximum absolute atomic E-state index is 14.4. The summed E-state index contributed by atoms with van der Waals surface area (Å²) in [5, 5.41) is 9.28. The van der Waals surface area contributed by atoms with Gasteiger partial charge in [-0.25, -0.2) is 9.37 Å². The fourth-order valence-corrected chi connectivity index (χ4v) is 4.19. The lowest BCUT2D eigenvalue weighted by atomic mass is 9.96. The van der Waals surface area contributed by atoms with Gasteiger partial charge in [0.2, 0.25) is 5.88 Å². The summed E-state index contributed by atoms with van der Waals surface area (Å²) in [6.07, 6.45) is 8.65. The number of nitrogens with one attached hydrogen (secondary N) is 3. The number of alkyl halides is 1. The van der Waals surface area contributed by atoms with Crippen molar-refractivity contribution in [3.63, 3.8) is 0 Å². The Kier molecular flexibility index (Phi) is 7.45. The molecule has 0 spiro atoms. The van der Waals surface area contributed by atoms with Gasteiger partial charge in [0.1, 0.15) is 11.4 Å². The first-order chi connectivity index (χ1) is 16.8. The summed E-state index contributed by atoms with van der Waals surface area (Å²) >= 11 is 0. The number of nitrogens with zero attached hydrogens (tertiary/aromatic N) is 2. The second kappa shape index (κ2) is 10.5. The predicted molar refractivity (Wildman–Crippen MR) is 135 cm³/mol. The van der Waals surface area contributed by atoms with Crippen molar-refractivity contribution in [2.45, 2.75) is 39.4 Å². The van der Waals surface area contributed by atoms with Crippen molar-refractivity contribution in [3.8, 4) is 5.88 Å². The van der Waals surface area contributed by atoms with Crippen LogP contribution in [0.4, 0.5) is 10.1 Å². The molecule has 1 atom stereocenters. The third kappa shape index (κ3) is 5.85. The minimum absolute atomic E-state index is 0.275. The summed E-state index contributed by atoms with van der Waals surface area (Å²) in [7, 11) is 0. The Morgan fingerprint density at radius 1 is 1.37 bits per heavy atom. The van der Waals surface area contributed by atoms with Crippen LogP contribution < -0.4 is 25.6 Å². The molecule has 3 aliphatic rings. The van der Waals surface area contributed by atoms with E-state index >= 15 is 0 Å². The monoisotopic (exact) mass is 483 g/mol. The number of hydrogen-bond acceptors (Lipinski definition) is 7. The molecule has 1 aromatic rings. The third-order valence-electron chi connectivity index (χ3n) is 6.20. The van der Waals surface area contributed by atoms with E-state index in [1.54, 1.807) is 24.5 Å². The minimum Gasteiger partial charge on any atom is -0.476 e. The van der Waals surface area contributed by atoms with Crippen LogP contribution in [0, 0.1) is 0 Å². The van der Waals surface area contributed by atoms with Gasteiger partial charge in [0.05, 0.1) is 32.4 Å². The van der Waals surface area contributed by atoms with E-state index in [4.69, 9.17) is 9.47 Å². The maximum Gasteiger partial charge on any atom is 0.255 e. The first-order valence-corrected chi connectivity index (χ1v) is 12.0. The fourth-order valence-electron chi connectivity index (χ4n) is 4.19. The lowest BCUT2D eigenvalue weighted by Gasteiger charge is -2.30. The molecule has 0 aromatic carbocycles. The van der Waals surface area contributed by atoms with Crippen molar-refractivity contribution in [2.24, 2.45) is 0 Å². The number of dihydropyridines is 2. The molecule has 1 saturated heterocycles. The van der Waals surface area contributed by atoms with Gasteiger partial charge in [0.25, 0.3) is 5.91 Å². The average molecular weight is 484 g/mol. The number of carbonyl (C=O) groups excluding carboxylic acids is 1. The third-order valence-corrected chi connectivity index (χ3v) is 6.20. The fraction of sp³-hybridized carbons (Fsp3) is 0.462. The Morgan fingerprint density at radius 2 is 2.14 bits per heavy atom. The highest BCUT2D eigenvalue weighted by atomic mass is 19.1. The van der Waals surface area contributed by atoms with Crippen molar-refractivity contribution in [1.82, 2.24) is 20.9 Å². The highest BCUT2D eigenvalue weighted by Gasteiger charge is 2.29. The van der Waals surface area contributed by atoms with Gasteiger partial charge >= 0.3 is 0 Å². The summed E-state index contributed by atoms with van der Waals surface area (Å²) in [6, 6.07) is 1.51. The van der Waals surface area contributed by atoms with Crippen molar-refractivity contribution in [2.75, 3.05) is 44.4 Å². The van der Waals surface area contributed by atoms with Crippen LogP contribution in [0.3, 0.4) is 0 Å². The smallest absolute Gasteiger partial charge is 0.255 e. The summed E-state index contributed by atoms with van der Waals surface area (Å²) < 4.78 is 25.7. The van der Waals surface area contributed by atoms with Crippen LogP contribution in [0.25, 0.3) is 5.57 Å². The zero-order valence-electron chi connectivity index (χ0n) is 20.8. The van der Waals surface area contributed by atoms with Gasteiger partial charge in [0, 0.05) is 47.4 Å². The van der Waals surface area contributed by atoms with Gasteiger partial charge in [-0.15, -0.1) is 0 Å². The maximum atomic E-state index is 14.4. The first-order valence-electron chi connectivity index (χ1n) is 12.0. The number of halogens is 1. The number of pyridine rings is 1. The highest BCUT2D eigenvalue weighted by Crippen LogP contribution is 2.32. The number of hydrogen-bond donors (Lipinski definition) is 3. The number of morpholine rings is 1. The molecule has 1 aromatic heterocycles. The number of allylic oxidation sites excluding steroid dienone is 3. The molecular formula is C26H34FN5O3. The summed E-state index contributed by atoms with van der Waals surface area (Å²) in [5.41, 5.74) is 3.44. The van der Waals surface area contributed by atoms with Crippen LogP contribution in [-0.2, 0) is 9.53 Å². The molecule has 1 unspecified atom stereocenters. The van der Waals surface area contributed by atoms with Gasteiger partial charge < -0.3 is 30.3 Å². The molecular weight excluding hydrogens is 449 g/mol. The Bertz CT molecular complexity index is 1080. The quantitative estimate of drug-likeness (QED) is 0.550. The largest absolute Gasteiger partial charge is 0.476 e. The van der Waals surface area contributed by atoms with Crippen molar-refractivity contribution in [3.05, 3.63) is 59.2 Å². The molecule has 0 saturated carbocycles. The van der Waals surface area contributed by atoms with E-state index in [0.717, 1.165) is 41.3 Å². The molecule has 0 aliphatic carbocycles. The van der Waals surface area contributed by atoms with Crippen molar-refractivity contribution in [1.29, 1.82) is 0 Å². The SMILES string of the molecule is CCOc1ncc(C2=C(C)NCC(NC(=O)C3=CC(C(C)(C)F)NC=C3)=C2)cc1N1CCOCC1. The standard InChI is InChI=1S/C26H34FN5O3/c1-5-35-25-22(32-8-10-34-11-9-32)12-19(15-30-25)21-14-20(16-29-17(21)2)31-24(33)18-6-7-28-23(13-18)26(3,4)27/h6-7,12-15,23,28-29H,5,8-11,16H2,1-4H3,(H,31,33). The molecule has 3 aliphatic heterocycles. The van der Waals surface area contributed by atoms with E-state index in [-0.39, 0.29) is 5.91 Å². The zero-order chi connectivity index (χ0) is 25.0. The lowest BCUT2D eigenvalue weighted by Crippen LogP contribution is -2.42. The molecule has 4 heterocycles. The molecule has 4 rings (SSSR count). The molecule has 188 valence electrons. The second-order valence-electron chi connectivity index (χ2n) is 9.26. The Labute approximate surface area is 206 Å². The van der Waals surface area contributed by atoms with Gasteiger partial charge in [-0.2, -0.15) is 0 Å². The van der Waals surface area contributed by atoms with Crippen LogP contribution in [0.1, 0.15) is 33.3 Å². The number of rotatable bonds is 7. The first kappa shape index (κ1) is 24.8. The zero-order valence-corrected chi connectivity index (χ0v) is 20.8. The van der Waals surface area contributed by atoms with Gasteiger partial charge in [-0.05, 0) is 58.2 Å². The van der Waals surface area contributed by atoms with E-state index in [2.05, 4.69) is 31.9 Å². The Morgan fingerprint density at radius 3 is 2.86 bits per heavy atom.